The first-order valence-corrected chi connectivity index (χ1v) is 8.31. The van der Waals surface area contributed by atoms with Crippen molar-refractivity contribution in [2.75, 3.05) is 4.90 Å². The Morgan fingerprint density at radius 2 is 1.61 bits per heavy atom. The van der Waals surface area contributed by atoms with E-state index in [9.17, 15) is 9.59 Å². The van der Waals surface area contributed by atoms with Crippen LogP contribution in [0.15, 0.2) is 59.5 Å². The second-order valence-electron chi connectivity index (χ2n) is 5.67. The Kier molecular flexibility index (Phi) is 4.35. The van der Waals surface area contributed by atoms with Crippen molar-refractivity contribution in [3.63, 3.8) is 0 Å². The summed E-state index contributed by atoms with van der Waals surface area (Å²) < 4.78 is 0. The number of anilines is 1. The van der Waals surface area contributed by atoms with Crippen LogP contribution in [0.25, 0.3) is 6.08 Å². The van der Waals surface area contributed by atoms with E-state index in [0.29, 0.717) is 16.5 Å². The molecule has 1 aliphatic heterocycles. The number of carbonyl (C=O) groups is 2. The smallest absolute Gasteiger partial charge is 0.268 e. The largest absolute Gasteiger partial charge is 0.298 e. The molecule has 0 aromatic heterocycles. The summed E-state index contributed by atoms with van der Waals surface area (Å²) in [6.45, 7) is 4.28. The fraction of sp³-hybridized carbons (Fsp3) is 0.158. The summed E-state index contributed by atoms with van der Waals surface area (Å²) in [7, 11) is 0. The van der Waals surface area contributed by atoms with E-state index in [1.165, 1.54) is 10.5 Å². The lowest BCUT2D eigenvalue weighted by Crippen LogP contribution is -2.27. The van der Waals surface area contributed by atoms with Crippen LogP contribution in [0.4, 0.5) is 10.5 Å². The minimum Gasteiger partial charge on any atom is -0.268 e. The number of amides is 2. The Labute approximate surface area is 140 Å². The number of nitrogens with zero attached hydrogens (tertiary/aromatic N) is 1. The summed E-state index contributed by atoms with van der Waals surface area (Å²) in [6, 6.07) is 17.1. The standard InChI is InChI=1S/C19H17NO2S/c1-13(2)15-10-8-14(9-11-15)12-17-18(21)20(19(22)23-17)16-6-4-3-5-7-16/h3-13H,1-2H3/b17-12-. The number of hydrogen-bond acceptors (Lipinski definition) is 3. The van der Waals surface area contributed by atoms with Gasteiger partial charge in [0.25, 0.3) is 11.1 Å². The molecule has 0 N–H and O–H groups in total. The number of thioether (sulfide) groups is 1. The van der Waals surface area contributed by atoms with E-state index in [4.69, 9.17) is 0 Å². The van der Waals surface area contributed by atoms with Gasteiger partial charge >= 0.3 is 0 Å². The Morgan fingerprint density at radius 3 is 2.22 bits per heavy atom. The average Bonchev–Trinajstić information content (AvgIpc) is 2.82. The van der Waals surface area contributed by atoms with Gasteiger partial charge in [0.05, 0.1) is 10.6 Å². The molecule has 1 saturated heterocycles. The molecule has 3 rings (SSSR count). The van der Waals surface area contributed by atoms with Gasteiger partial charge in [0.1, 0.15) is 0 Å². The van der Waals surface area contributed by atoms with Gasteiger partial charge < -0.3 is 0 Å². The first kappa shape index (κ1) is 15.6. The van der Waals surface area contributed by atoms with Gasteiger partial charge in [-0.15, -0.1) is 0 Å². The van der Waals surface area contributed by atoms with E-state index in [2.05, 4.69) is 26.0 Å². The average molecular weight is 323 g/mol. The summed E-state index contributed by atoms with van der Waals surface area (Å²) >= 11 is 0.981. The lowest BCUT2D eigenvalue weighted by atomic mass is 10.0. The molecule has 0 saturated carbocycles. The maximum Gasteiger partial charge on any atom is 0.298 e. The first-order valence-electron chi connectivity index (χ1n) is 7.49. The van der Waals surface area contributed by atoms with Crippen LogP contribution in [0, 0.1) is 0 Å². The van der Waals surface area contributed by atoms with Crippen molar-refractivity contribution >= 4 is 34.7 Å². The number of para-hydroxylation sites is 1. The predicted octanol–water partition coefficient (Wildman–Crippen LogP) is 5.05. The predicted molar refractivity (Wildman–Crippen MR) is 95.4 cm³/mol. The molecule has 0 radical (unpaired) electrons. The molecule has 23 heavy (non-hydrogen) atoms. The summed E-state index contributed by atoms with van der Waals surface area (Å²) in [5, 5.41) is -0.258. The van der Waals surface area contributed by atoms with E-state index in [1.807, 2.05) is 30.3 Å². The minimum absolute atomic E-state index is 0.258. The number of benzene rings is 2. The molecule has 2 aromatic carbocycles. The lowest BCUT2D eigenvalue weighted by Gasteiger charge is -2.11. The van der Waals surface area contributed by atoms with Crippen molar-refractivity contribution in [2.24, 2.45) is 0 Å². The third-order valence-corrected chi connectivity index (χ3v) is 4.58. The highest BCUT2D eigenvalue weighted by molar-refractivity contribution is 8.19. The molecule has 1 heterocycles. The van der Waals surface area contributed by atoms with E-state index in [0.717, 1.165) is 17.3 Å². The number of carbonyl (C=O) groups excluding carboxylic acids is 2. The number of rotatable bonds is 3. The molecule has 1 fully saturated rings. The summed E-state index contributed by atoms with van der Waals surface area (Å²) in [5.41, 5.74) is 2.78. The molecule has 0 bridgehead atoms. The number of imide groups is 1. The summed E-state index contributed by atoms with van der Waals surface area (Å²) in [6.07, 6.45) is 1.78. The third kappa shape index (κ3) is 3.22. The van der Waals surface area contributed by atoms with Crippen molar-refractivity contribution in [1.82, 2.24) is 0 Å². The van der Waals surface area contributed by atoms with Crippen molar-refractivity contribution in [1.29, 1.82) is 0 Å². The Hall–Kier alpha value is -2.33. The van der Waals surface area contributed by atoms with Crippen LogP contribution >= 0.6 is 11.8 Å². The molecular formula is C19H17NO2S. The van der Waals surface area contributed by atoms with Crippen LogP contribution < -0.4 is 4.90 Å². The zero-order chi connectivity index (χ0) is 16.4. The minimum atomic E-state index is -0.265. The highest BCUT2D eigenvalue weighted by atomic mass is 32.2. The molecule has 0 spiro atoms. The second-order valence-corrected chi connectivity index (χ2v) is 6.67. The Balaban J connectivity index is 1.87. The van der Waals surface area contributed by atoms with Crippen molar-refractivity contribution in [3.8, 4) is 0 Å². The molecule has 2 aromatic rings. The van der Waals surface area contributed by atoms with Gasteiger partial charge in [-0.3, -0.25) is 9.59 Å². The molecule has 0 aliphatic carbocycles. The fourth-order valence-corrected chi connectivity index (χ4v) is 3.24. The third-order valence-electron chi connectivity index (χ3n) is 3.71. The van der Waals surface area contributed by atoms with Crippen molar-refractivity contribution < 1.29 is 9.59 Å². The molecule has 1 aliphatic rings. The Bertz CT molecular complexity index is 764. The van der Waals surface area contributed by atoms with Crippen molar-refractivity contribution in [2.45, 2.75) is 19.8 Å². The van der Waals surface area contributed by atoms with Gasteiger partial charge in [0.2, 0.25) is 0 Å². The van der Waals surface area contributed by atoms with Crippen LogP contribution in [-0.2, 0) is 4.79 Å². The highest BCUT2D eigenvalue weighted by Gasteiger charge is 2.36. The van der Waals surface area contributed by atoms with Gasteiger partial charge in [0, 0.05) is 0 Å². The molecule has 2 amide bonds. The fourth-order valence-electron chi connectivity index (χ4n) is 2.40. The zero-order valence-electron chi connectivity index (χ0n) is 13.0. The maximum absolute atomic E-state index is 12.5. The van der Waals surface area contributed by atoms with Gasteiger partial charge in [-0.2, -0.15) is 0 Å². The molecule has 116 valence electrons. The Morgan fingerprint density at radius 1 is 0.957 bits per heavy atom. The van der Waals surface area contributed by atoms with E-state index < -0.39 is 0 Å². The quantitative estimate of drug-likeness (QED) is 0.742. The lowest BCUT2D eigenvalue weighted by molar-refractivity contribution is -0.113. The normalized spacial score (nSPS) is 16.7. The van der Waals surface area contributed by atoms with Crippen LogP contribution in [0.5, 0.6) is 0 Å². The molecular weight excluding hydrogens is 306 g/mol. The van der Waals surface area contributed by atoms with Gasteiger partial charge in [-0.05, 0) is 47.0 Å². The van der Waals surface area contributed by atoms with Gasteiger partial charge in [-0.1, -0.05) is 56.3 Å². The van der Waals surface area contributed by atoms with E-state index in [-0.39, 0.29) is 11.1 Å². The maximum atomic E-state index is 12.5. The van der Waals surface area contributed by atoms with Gasteiger partial charge in [-0.25, -0.2) is 4.90 Å². The number of hydrogen-bond donors (Lipinski definition) is 0. The molecule has 4 heteroatoms. The van der Waals surface area contributed by atoms with Gasteiger partial charge in [0.15, 0.2) is 0 Å². The topological polar surface area (TPSA) is 37.4 Å². The van der Waals surface area contributed by atoms with Crippen molar-refractivity contribution in [3.05, 3.63) is 70.6 Å². The molecule has 0 atom stereocenters. The molecule has 3 nitrogen and oxygen atoms in total. The van der Waals surface area contributed by atoms with E-state index in [1.54, 1.807) is 18.2 Å². The second kappa shape index (κ2) is 6.42. The van der Waals surface area contributed by atoms with Crippen LogP contribution in [0.3, 0.4) is 0 Å². The molecule has 0 unspecified atom stereocenters. The zero-order valence-corrected chi connectivity index (χ0v) is 13.8. The monoisotopic (exact) mass is 323 g/mol. The van der Waals surface area contributed by atoms with Crippen LogP contribution in [0.2, 0.25) is 0 Å². The van der Waals surface area contributed by atoms with E-state index >= 15 is 0 Å². The summed E-state index contributed by atoms with van der Waals surface area (Å²) in [5.74, 6) is 0.202. The SMILES string of the molecule is CC(C)c1ccc(/C=C2\SC(=O)N(c3ccccc3)C2=O)cc1. The summed E-state index contributed by atoms with van der Waals surface area (Å²) in [4.78, 5) is 26.3. The first-order chi connectivity index (χ1) is 11.1. The van der Waals surface area contributed by atoms with Crippen LogP contribution in [0.1, 0.15) is 30.9 Å². The highest BCUT2D eigenvalue weighted by Crippen LogP contribution is 2.35. The van der Waals surface area contributed by atoms with Crippen LogP contribution in [-0.4, -0.2) is 11.1 Å².